The highest BCUT2D eigenvalue weighted by Gasteiger charge is 2.22. The fourth-order valence-corrected chi connectivity index (χ4v) is 3.47. The Morgan fingerprint density at radius 1 is 1.14 bits per heavy atom. The Hall–Kier alpha value is -0.570. The van der Waals surface area contributed by atoms with E-state index in [1.54, 1.807) is 0 Å². The number of halogens is 1. The van der Waals surface area contributed by atoms with E-state index in [1.807, 2.05) is 12.1 Å². The number of nitrogens with zero attached hydrogens (tertiary/aromatic N) is 1. The van der Waals surface area contributed by atoms with E-state index >= 15 is 0 Å². The van der Waals surface area contributed by atoms with E-state index in [1.165, 1.54) is 38.0 Å². The average molecular weight is 309 g/mol. The third-order valence-electron chi connectivity index (χ3n) is 4.60. The molecule has 2 nitrogen and oxygen atoms in total. The Bertz CT molecular complexity index is 410. The molecule has 2 rings (SSSR count). The lowest BCUT2D eigenvalue weighted by Crippen LogP contribution is -2.44. The molecule has 1 aliphatic heterocycles. The predicted octanol–water partition coefficient (Wildman–Crippen LogP) is 3.98. The highest BCUT2D eigenvalue weighted by Crippen LogP contribution is 2.20. The SMILES string of the molecule is CC(C)N(CC1CCNCC1)C(C)Cc1ccc(Cl)cc1. The summed E-state index contributed by atoms with van der Waals surface area (Å²) in [5.41, 5.74) is 1.38. The van der Waals surface area contributed by atoms with Crippen molar-refractivity contribution in [2.75, 3.05) is 19.6 Å². The molecule has 1 atom stereocenters. The Balaban J connectivity index is 1.94. The minimum absolute atomic E-state index is 0.570. The Morgan fingerprint density at radius 3 is 2.33 bits per heavy atom. The molecule has 1 heterocycles. The minimum atomic E-state index is 0.570. The molecule has 0 radical (unpaired) electrons. The van der Waals surface area contributed by atoms with Crippen molar-refractivity contribution < 1.29 is 0 Å². The molecule has 0 aliphatic carbocycles. The van der Waals surface area contributed by atoms with Crippen molar-refractivity contribution in [3.63, 3.8) is 0 Å². The van der Waals surface area contributed by atoms with Crippen LogP contribution in [0, 0.1) is 5.92 Å². The first-order valence-corrected chi connectivity index (χ1v) is 8.65. The number of benzene rings is 1. The smallest absolute Gasteiger partial charge is 0.0406 e. The lowest BCUT2D eigenvalue weighted by Gasteiger charge is -2.37. The third kappa shape index (κ3) is 5.28. The van der Waals surface area contributed by atoms with Gasteiger partial charge in [-0.1, -0.05) is 23.7 Å². The molecule has 1 fully saturated rings. The monoisotopic (exact) mass is 308 g/mol. The molecule has 0 bridgehead atoms. The van der Waals surface area contributed by atoms with Crippen LogP contribution >= 0.6 is 11.6 Å². The van der Waals surface area contributed by atoms with Crippen LogP contribution < -0.4 is 5.32 Å². The summed E-state index contributed by atoms with van der Waals surface area (Å²) in [6.07, 6.45) is 3.73. The van der Waals surface area contributed by atoms with Crippen LogP contribution in [0.5, 0.6) is 0 Å². The molecule has 1 saturated heterocycles. The van der Waals surface area contributed by atoms with E-state index in [0.29, 0.717) is 12.1 Å². The van der Waals surface area contributed by atoms with Crippen molar-refractivity contribution in [1.29, 1.82) is 0 Å². The van der Waals surface area contributed by atoms with Crippen molar-refractivity contribution in [3.05, 3.63) is 34.9 Å². The molecule has 0 amide bonds. The van der Waals surface area contributed by atoms with Crippen LogP contribution in [0.3, 0.4) is 0 Å². The highest BCUT2D eigenvalue weighted by molar-refractivity contribution is 6.30. The van der Waals surface area contributed by atoms with Crippen LogP contribution in [0.25, 0.3) is 0 Å². The normalized spacial score (nSPS) is 18.4. The molecule has 3 heteroatoms. The molecule has 1 aromatic rings. The van der Waals surface area contributed by atoms with Gasteiger partial charge in [-0.2, -0.15) is 0 Å². The van der Waals surface area contributed by atoms with Gasteiger partial charge in [0.05, 0.1) is 0 Å². The summed E-state index contributed by atoms with van der Waals surface area (Å²) in [5.74, 6) is 0.848. The van der Waals surface area contributed by atoms with Crippen molar-refractivity contribution in [3.8, 4) is 0 Å². The number of rotatable bonds is 6. The van der Waals surface area contributed by atoms with Crippen molar-refractivity contribution in [2.24, 2.45) is 5.92 Å². The van der Waals surface area contributed by atoms with Gasteiger partial charge in [0.25, 0.3) is 0 Å². The number of hydrogen-bond acceptors (Lipinski definition) is 2. The lowest BCUT2D eigenvalue weighted by atomic mass is 9.95. The van der Waals surface area contributed by atoms with Gasteiger partial charge in [0.2, 0.25) is 0 Å². The molecule has 1 aliphatic rings. The first-order valence-electron chi connectivity index (χ1n) is 8.27. The summed E-state index contributed by atoms with van der Waals surface area (Å²) in [5, 5.41) is 4.28. The molecule has 0 aromatic heterocycles. The van der Waals surface area contributed by atoms with Crippen molar-refractivity contribution >= 4 is 11.6 Å². The average Bonchev–Trinajstić information content (AvgIpc) is 2.48. The van der Waals surface area contributed by atoms with Crippen LogP contribution in [0.1, 0.15) is 39.2 Å². The summed E-state index contributed by atoms with van der Waals surface area (Å²) in [6.45, 7) is 10.6. The first-order chi connectivity index (χ1) is 10.1. The number of hydrogen-bond donors (Lipinski definition) is 1. The summed E-state index contributed by atoms with van der Waals surface area (Å²) in [7, 11) is 0. The molecule has 0 saturated carbocycles. The Kier molecular flexibility index (Phi) is 6.53. The second kappa shape index (κ2) is 8.17. The van der Waals surface area contributed by atoms with E-state index in [0.717, 1.165) is 17.4 Å². The maximum atomic E-state index is 5.97. The molecule has 1 N–H and O–H groups in total. The lowest BCUT2D eigenvalue weighted by molar-refractivity contribution is 0.124. The maximum Gasteiger partial charge on any atom is 0.0406 e. The topological polar surface area (TPSA) is 15.3 Å². The van der Waals surface area contributed by atoms with E-state index in [9.17, 15) is 0 Å². The van der Waals surface area contributed by atoms with E-state index in [2.05, 4.69) is 43.1 Å². The highest BCUT2D eigenvalue weighted by atomic mass is 35.5. The van der Waals surface area contributed by atoms with E-state index in [-0.39, 0.29) is 0 Å². The fraction of sp³-hybridized carbons (Fsp3) is 0.667. The molecular formula is C18H29ClN2. The summed E-state index contributed by atoms with van der Waals surface area (Å²) in [4.78, 5) is 2.67. The third-order valence-corrected chi connectivity index (χ3v) is 4.85. The number of nitrogens with one attached hydrogen (secondary N) is 1. The van der Waals surface area contributed by atoms with Gasteiger partial charge in [-0.3, -0.25) is 4.90 Å². The van der Waals surface area contributed by atoms with E-state index in [4.69, 9.17) is 11.6 Å². The molecule has 0 spiro atoms. The maximum absolute atomic E-state index is 5.97. The predicted molar refractivity (Wildman–Crippen MR) is 92.1 cm³/mol. The molecule has 21 heavy (non-hydrogen) atoms. The zero-order valence-electron chi connectivity index (χ0n) is 13.6. The zero-order valence-corrected chi connectivity index (χ0v) is 14.4. The van der Waals surface area contributed by atoms with Gasteiger partial charge >= 0.3 is 0 Å². The standard InChI is InChI=1S/C18H29ClN2/c1-14(2)21(13-17-8-10-20-11-9-17)15(3)12-16-4-6-18(19)7-5-16/h4-7,14-15,17,20H,8-13H2,1-3H3. The molecule has 118 valence electrons. The van der Waals surface area contributed by atoms with Gasteiger partial charge in [0.15, 0.2) is 0 Å². The van der Waals surface area contributed by atoms with Gasteiger partial charge in [-0.05, 0) is 76.7 Å². The zero-order chi connectivity index (χ0) is 15.2. The van der Waals surface area contributed by atoms with Gasteiger partial charge in [0.1, 0.15) is 0 Å². The van der Waals surface area contributed by atoms with E-state index < -0.39 is 0 Å². The molecule has 1 unspecified atom stereocenters. The van der Waals surface area contributed by atoms with Gasteiger partial charge in [-0.25, -0.2) is 0 Å². The van der Waals surface area contributed by atoms with Crippen LogP contribution in [-0.4, -0.2) is 36.6 Å². The largest absolute Gasteiger partial charge is 0.317 e. The van der Waals surface area contributed by atoms with Crippen LogP contribution in [0.4, 0.5) is 0 Å². The molecule has 1 aromatic carbocycles. The second-order valence-corrected chi connectivity index (χ2v) is 7.10. The Labute approximate surface area is 134 Å². The van der Waals surface area contributed by atoms with Gasteiger partial charge < -0.3 is 5.32 Å². The van der Waals surface area contributed by atoms with Crippen LogP contribution in [-0.2, 0) is 6.42 Å². The van der Waals surface area contributed by atoms with Crippen LogP contribution in [0.15, 0.2) is 24.3 Å². The summed E-state index contributed by atoms with van der Waals surface area (Å²) in [6, 6.07) is 9.47. The van der Waals surface area contributed by atoms with Crippen molar-refractivity contribution in [2.45, 2.75) is 52.1 Å². The first kappa shape index (κ1) is 16.8. The van der Waals surface area contributed by atoms with Crippen LogP contribution in [0.2, 0.25) is 5.02 Å². The quantitative estimate of drug-likeness (QED) is 0.855. The molecular weight excluding hydrogens is 280 g/mol. The van der Waals surface area contributed by atoms with Gasteiger partial charge in [-0.15, -0.1) is 0 Å². The Morgan fingerprint density at radius 2 is 1.76 bits per heavy atom. The summed E-state index contributed by atoms with van der Waals surface area (Å²) < 4.78 is 0. The minimum Gasteiger partial charge on any atom is -0.317 e. The second-order valence-electron chi connectivity index (χ2n) is 6.66. The summed E-state index contributed by atoms with van der Waals surface area (Å²) >= 11 is 5.97. The van der Waals surface area contributed by atoms with Gasteiger partial charge in [0, 0.05) is 23.7 Å². The fourth-order valence-electron chi connectivity index (χ4n) is 3.34. The number of piperidine rings is 1. The van der Waals surface area contributed by atoms with Crippen molar-refractivity contribution in [1.82, 2.24) is 10.2 Å².